The molecule has 2 aromatic carbocycles. The van der Waals surface area contributed by atoms with Crippen molar-refractivity contribution in [1.82, 2.24) is 4.90 Å². The van der Waals surface area contributed by atoms with Gasteiger partial charge in [-0.05, 0) is 79.6 Å². The molecular weight excluding hydrogens is 374 g/mol. The van der Waals surface area contributed by atoms with Crippen molar-refractivity contribution in [3.63, 3.8) is 0 Å². The fourth-order valence-corrected chi connectivity index (χ4v) is 5.80. The lowest BCUT2D eigenvalue weighted by Crippen LogP contribution is -2.57. The number of carbonyl (C=O) groups excluding carboxylic acids is 1. The van der Waals surface area contributed by atoms with Crippen molar-refractivity contribution >= 4 is 16.9 Å². The quantitative estimate of drug-likeness (QED) is 0.452. The molecule has 2 bridgehead atoms. The van der Waals surface area contributed by atoms with Crippen molar-refractivity contribution in [2.24, 2.45) is 5.92 Å². The molecule has 3 atom stereocenters. The third-order valence-electron chi connectivity index (χ3n) is 7.05. The minimum absolute atomic E-state index is 0.119. The fourth-order valence-electron chi connectivity index (χ4n) is 5.02. The molecule has 1 aliphatic heterocycles. The highest BCUT2D eigenvalue weighted by Crippen LogP contribution is 2.49. The van der Waals surface area contributed by atoms with Crippen LogP contribution in [0.15, 0.2) is 65.1 Å². The summed E-state index contributed by atoms with van der Waals surface area (Å²) in [5.41, 5.74) is 5.28. The predicted molar refractivity (Wildman–Crippen MR) is 123 cm³/mol. The van der Waals surface area contributed by atoms with E-state index in [1.165, 1.54) is 34.9 Å². The Balaban J connectivity index is 1.59. The molecule has 29 heavy (non-hydrogen) atoms. The second kappa shape index (κ2) is 8.12. The lowest BCUT2D eigenvalue weighted by atomic mass is 9.59. The normalized spacial score (nSPS) is 25.9. The smallest absolute Gasteiger partial charge is 0.224 e. The van der Waals surface area contributed by atoms with Crippen LogP contribution in [-0.2, 0) is 11.8 Å². The van der Waals surface area contributed by atoms with Gasteiger partial charge in [0.25, 0.3) is 0 Å². The molecule has 1 fully saturated rings. The van der Waals surface area contributed by atoms with E-state index in [1.807, 2.05) is 30.3 Å². The number of thioether (sulfide) groups is 1. The van der Waals surface area contributed by atoms with Crippen molar-refractivity contribution in [3.8, 4) is 0 Å². The molecule has 0 radical (unpaired) electrons. The molecule has 2 nitrogen and oxygen atoms in total. The van der Waals surface area contributed by atoms with Crippen LogP contribution in [0.4, 0.5) is 0 Å². The molecule has 0 spiro atoms. The first kappa shape index (κ1) is 20.4. The molecule has 1 heterocycles. The second-order valence-corrected chi connectivity index (χ2v) is 10.1. The van der Waals surface area contributed by atoms with Crippen LogP contribution in [0, 0.1) is 5.92 Å². The van der Waals surface area contributed by atoms with Gasteiger partial charge in [-0.25, -0.2) is 0 Å². The standard InChI is InChI=1S/C26H31NOS/c1-18(2)12-14-27-15-13-26(4)19(3)24(27)16-21-10-11-22(17-23(21)26)29-25(28)20-8-6-5-7-9-20/h5-12,17,19,24H,13-16H2,1-4H3/t19-,24+,26+/m0/s1. The Morgan fingerprint density at radius 2 is 1.97 bits per heavy atom. The van der Waals surface area contributed by atoms with Crippen molar-refractivity contribution in [2.75, 3.05) is 13.1 Å². The van der Waals surface area contributed by atoms with E-state index in [0.717, 1.165) is 30.0 Å². The van der Waals surface area contributed by atoms with E-state index in [0.29, 0.717) is 12.0 Å². The van der Waals surface area contributed by atoms with Crippen LogP contribution in [0.25, 0.3) is 0 Å². The average Bonchev–Trinajstić information content (AvgIpc) is 2.71. The first-order valence-electron chi connectivity index (χ1n) is 10.7. The zero-order chi connectivity index (χ0) is 20.6. The number of piperidine rings is 1. The first-order valence-corrected chi connectivity index (χ1v) is 11.5. The minimum atomic E-state index is 0.119. The van der Waals surface area contributed by atoms with Gasteiger partial charge in [0, 0.05) is 23.0 Å². The van der Waals surface area contributed by atoms with Crippen LogP contribution < -0.4 is 0 Å². The van der Waals surface area contributed by atoms with Gasteiger partial charge in [-0.15, -0.1) is 0 Å². The zero-order valence-electron chi connectivity index (χ0n) is 17.9. The Bertz CT molecular complexity index is 931. The average molecular weight is 406 g/mol. The molecule has 4 rings (SSSR count). The van der Waals surface area contributed by atoms with Crippen LogP contribution in [0.1, 0.15) is 55.6 Å². The van der Waals surface area contributed by atoms with Gasteiger partial charge < -0.3 is 0 Å². The van der Waals surface area contributed by atoms with Crippen molar-refractivity contribution in [3.05, 3.63) is 76.9 Å². The van der Waals surface area contributed by atoms with E-state index in [4.69, 9.17) is 0 Å². The molecule has 2 aromatic rings. The second-order valence-electron chi connectivity index (χ2n) is 9.08. The summed E-state index contributed by atoms with van der Waals surface area (Å²) in [7, 11) is 0. The molecule has 3 heteroatoms. The van der Waals surface area contributed by atoms with Crippen molar-refractivity contribution in [1.29, 1.82) is 0 Å². The van der Waals surface area contributed by atoms with Crippen LogP contribution >= 0.6 is 11.8 Å². The van der Waals surface area contributed by atoms with Gasteiger partial charge in [-0.2, -0.15) is 0 Å². The molecule has 1 saturated heterocycles. The number of likely N-dealkylation sites (tertiary alicyclic amines) is 1. The highest BCUT2D eigenvalue weighted by molar-refractivity contribution is 8.14. The van der Waals surface area contributed by atoms with Crippen molar-refractivity contribution < 1.29 is 4.79 Å². The minimum Gasteiger partial charge on any atom is -0.296 e. The van der Waals surface area contributed by atoms with Crippen LogP contribution in [0.2, 0.25) is 0 Å². The third kappa shape index (κ3) is 3.95. The van der Waals surface area contributed by atoms with E-state index in [-0.39, 0.29) is 10.5 Å². The Kier molecular flexibility index (Phi) is 5.72. The highest BCUT2D eigenvalue weighted by atomic mass is 32.2. The number of allylic oxidation sites excluding steroid dienone is 1. The SMILES string of the molecule is CC(C)=CCN1CC[C@@]2(C)c3cc(SC(=O)c4ccccc4)ccc3C[C@@H]1[C@@H]2C. The Morgan fingerprint density at radius 3 is 2.69 bits per heavy atom. The van der Waals surface area contributed by atoms with Crippen LogP contribution in [0.5, 0.6) is 0 Å². The predicted octanol–water partition coefficient (Wildman–Crippen LogP) is 6.11. The van der Waals surface area contributed by atoms with Gasteiger partial charge in [-0.3, -0.25) is 9.69 Å². The van der Waals surface area contributed by atoms with Gasteiger partial charge in [0.05, 0.1) is 0 Å². The number of carbonyl (C=O) groups is 1. The molecule has 0 aromatic heterocycles. The summed E-state index contributed by atoms with van der Waals surface area (Å²) >= 11 is 1.36. The molecule has 0 amide bonds. The number of hydrogen-bond donors (Lipinski definition) is 0. The lowest BCUT2D eigenvalue weighted by Gasteiger charge is -2.54. The van der Waals surface area contributed by atoms with E-state index >= 15 is 0 Å². The summed E-state index contributed by atoms with van der Waals surface area (Å²) < 4.78 is 0. The number of fused-ring (bicyclic) bond motifs is 4. The van der Waals surface area contributed by atoms with Gasteiger partial charge in [0.15, 0.2) is 0 Å². The number of rotatable bonds is 4. The van der Waals surface area contributed by atoms with E-state index in [1.54, 1.807) is 0 Å². The number of nitrogens with zero attached hydrogens (tertiary/aromatic N) is 1. The maximum atomic E-state index is 12.7. The maximum absolute atomic E-state index is 12.7. The molecular formula is C26H31NOS. The summed E-state index contributed by atoms with van der Waals surface area (Å²) in [5, 5.41) is 0.119. The van der Waals surface area contributed by atoms with Crippen LogP contribution in [0.3, 0.4) is 0 Å². The Morgan fingerprint density at radius 1 is 1.21 bits per heavy atom. The molecule has 0 unspecified atom stereocenters. The topological polar surface area (TPSA) is 20.3 Å². The summed E-state index contributed by atoms with van der Waals surface area (Å²) in [6.07, 6.45) is 4.65. The summed E-state index contributed by atoms with van der Waals surface area (Å²) in [4.78, 5) is 16.4. The van der Waals surface area contributed by atoms with Crippen LogP contribution in [-0.4, -0.2) is 29.1 Å². The van der Waals surface area contributed by atoms with Gasteiger partial charge >= 0.3 is 0 Å². The monoisotopic (exact) mass is 405 g/mol. The van der Waals surface area contributed by atoms with Gasteiger partial charge in [0.2, 0.25) is 5.12 Å². The van der Waals surface area contributed by atoms with Crippen molar-refractivity contribution in [2.45, 2.75) is 56.9 Å². The summed E-state index contributed by atoms with van der Waals surface area (Å²) in [5.74, 6) is 0.611. The molecule has 0 saturated carbocycles. The summed E-state index contributed by atoms with van der Waals surface area (Å²) in [6.45, 7) is 11.4. The maximum Gasteiger partial charge on any atom is 0.224 e. The Hall–Kier alpha value is -1.84. The van der Waals surface area contributed by atoms with Gasteiger partial charge in [0.1, 0.15) is 0 Å². The van der Waals surface area contributed by atoms with Gasteiger partial charge in [-0.1, -0.05) is 61.9 Å². The summed E-state index contributed by atoms with van der Waals surface area (Å²) in [6, 6.07) is 16.9. The highest BCUT2D eigenvalue weighted by Gasteiger charge is 2.48. The van der Waals surface area contributed by atoms with E-state index < -0.39 is 0 Å². The third-order valence-corrected chi connectivity index (χ3v) is 7.96. The molecule has 2 aliphatic rings. The Labute approximate surface area is 179 Å². The van der Waals surface area contributed by atoms with E-state index in [9.17, 15) is 4.79 Å². The zero-order valence-corrected chi connectivity index (χ0v) is 18.8. The lowest BCUT2D eigenvalue weighted by molar-refractivity contribution is 0.0396. The molecule has 152 valence electrons. The fraction of sp³-hybridized carbons (Fsp3) is 0.423. The first-order chi connectivity index (χ1) is 13.9. The van der Waals surface area contributed by atoms with E-state index in [2.05, 4.69) is 56.9 Å². The largest absolute Gasteiger partial charge is 0.296 e. The molecule has 0 N–H and O–H groups in total. The number of hydrogen-bond acceptors (Lipinski definition) is 3. The molecule has 1 aliphatic carbocycles. The number of benzene rings is 2.